The molecule has 2 aliphatic rings. The van der Waals surface area contributed by atoms with Crippen molar-refractivity contribution in [1.82, 2.24) is 0 Å². The second kappa shape index (κ2) is 5.57. The van der Waals surface area contributed by atoms with Gasteiger partial charge < -0.3 is 9.47 Å². The van der Waals surface area contributed by atoms with Crippen molar-refractivity contribution < 1.29 is 22.6 Å². The second-order valence-corrected chi connectivity index (χ2v) is 5.81. The summed E-state index contributed by atoms with van der Waals surface area (Å²) in [5.74, 6) is -1.01. The third-order valence-electron chi connectivity index (χ3n) is 4.52. The van der Waals surface area contributed by atoms with Crippen LogP contribution in [0.3, 0.4) is 0 Å². The van der Waals surface area contributed by atoms with Crippen molar-refractivity contribution in [2.24, 2.45) is 10.9 Å². The summed E-state index contributed by atoms with van der Waals surface area (Å²) in [4.78, 5) is 4.27. The van der Waals surface area contributed by atoms with Gasteiger partial charge in [-0.1, -0.05) is 18.2 Å². The molecule has 0 spiro atoms. The number of fused-ring (bicyclic) bond motifs is 1. The highest BCUT2D eigenvalue weighted by atomic mass is 19.1. The van der Waals surface area contributed by atoms with E-state index >= 15 is 0 Å². The van der Waals surface area contributed by atoms with E-state index in [1.165, 1.54) is 18.2 Å². The molecule has 1 fully saturated rings. The minimum Gasteiger partial charge on any atom is -0.475 e. The molecule has 5 atom stereocenters. The number of rotatable bonds is 3. The Kier molecular flexibility index (Phi) is 3.89. The predicted molar refractivity (Wildman–Crippen MR) is 75.8 cm³/mol. The van der Waals surface area contributed by atoms with Crippen LogP contribution in [0.2, 0.25) is 0 Å². The molecule has 0 radical (unpaired) electrons. The molecule has 0 bridgehead atoms. The summed E-state index contributed by atoms with van der Waals surface area (Å²) in [5, 5.41) is 0. The molecule has 6 heteroatoms. The summed E-state index contributed by atoms with van der Waals surface area (Å²) < 4.78 is 53.0. The molecule has 22 heavy (non-hydrogen) atoms. The van der Waals surface area contributed by atoms with E-state index in [-0.39, 0.29) is 11.5 Å². The first-order valence-electron chi connectivity index (χ1n) is 7.29. The van der Waals surface area contributed by atoms with Crippen LogP contribution in [0.5, 0.6) is 0 Å². The van der Waals surface area contributed by atoms with E-state index in [0.717, 1.165) is 0 Å². The molecule has 0 saturated carbocycles. The van der Waals surface area contributed by atoms with E-state index < -0.39 is 48.9 Å². The van der Waals surface area contributed by atoms with E-state index in [1.807, 2.05) is 0 Å². The van der Waals surface area contributed by atoms with Crippen LogP contribution in [0.25, 0.3) is 0 Å². The molecular formula is C16H18F3NO2. The van der Waals surface area contributed by atoms with Crippen molar-refractivity contribution in [3.05, 3.63) is 35.6 Å². The van der Waals surface area contributed by atoms with Crippen LogP contribution in [-0.2, 0) is 15.0 Å². The Morgan fingerprint density at radius 2 is 2.00 bits per heavy atom. The first kappa shape index (κ1) is 15.3. The Labute approximate surface area is 127 Å². The smallest absolute Gasteiger partial charge is 0.181 e. The topological polar surface area (TPSA) is 30.8 Å². The zero-order chi connectivity index (χ0) is 15.9. The lowest BCUT2D eigenvalue weighted by Gasteiger charge is -2.42. The SMILES string of the molecule is CC1=N[C@](CF)(c2ccccc2F)[C@@H]2[C@H](O1)[C@@H](C)O[C@H]2CF. The van der Waals surface area contributed by atoms with Crippen LogP contribution in [0, 0.1) is 11.7 Å². The van der Waals surface area contributed by atoms with Gasteiger partial charge in [-0.25, -0.2) is 18.2 Å². The van der Waals surface area contributed by atoms with E-state index in [4.69, 9.17) is 9.47 Å². The number of aliphatic imine (C=N–C) groups is 1. The highest BCUT2D eigenvalue weighted by Crippen LogP contribution is 2.48. The highest BCUT2D eigenvalue weighted by Gasteiger charge is 2.59. The van der Waals surface area contributed by atoms with Gasteiger partial charge in [-0.05, 0) is 13.0 Å². The number of halogens is 3. The summed E-state index contributed by atoms with van der Waals surface area (Å²) in [6.07, 6.45) is -1.82. The molecule has 1 aromatic rings. The Balaban J connectivity index is 2.19. The van der Waals surface area contributed by atoms with Crippen LogP contribution in [0.15, 0.2) is 29.3 Å². The third-order valence-corrected chi connectivity index (χ3v) is 4.52. The molecule has 3 rings (SSSR count). The predicted octanol–water partition coefficient (Wildman–Crippen LogP) is 3.18. The van der Waals surface area contributed by atoms with E-state index in [0.29, 0.717) is 0 Å². The lowest BCUT2D eigenvalue weighted by Crippen LogP contribution is -2.51. The minimum absolute atomic E-state index is 0.117. The van der Waals surface area contributed by atoms with Gasteiger partial charge in [0.15, 0.2) is 5.90 Å². The van der Waals surface area contributed by atoms with Crippen molar-refractivity contribution in [1.29, 1.82) is 0 Å². The third kappa shape index (κ3) is 2.12. The Bertz CT molecular complexity index is 595. The van der Waals surface area contributed by atoms with Crippen molar-refractivity contribution >= 4 is 5.90 Å². The average Bonchev–Trinajstić information content (AvgIpc) is 2.84. The van der Waals surface area contributed by atoms with Crippen LogP contribution in [-0.4, -0.2) is 37.6 Å². The number of nitrogens with zero attached hydrogens (tertiary/aromatic N) is 1. The summed E-state index contributed by atoms with van der Waals surface area (Å²) in [6, 6.07) is 5.89. The maximum absolute atomic E-state index is 14.3. The normalized spacial score (nSPS) is 37.4. The van der Waals surface area contributed by atoms with Crippen molar-refractivity contribution in [3.8, 4) is 0 Å². The second-order valence-electron chi connectivity index (χ2n) is 5.81. The van der Waals surface area contributed by atoms with Gasteiger partial charge in [-0.3, -0.25) is 0 Å². The molecule has 2 heterocycles. The van der Waals surface area contributed by atoms with Gasteiger partial charge >= 0.3 is 0 Å². The monoisotopic (exact) mass is 313 g/mol. The van der Waals surface area contributed by atoms with Crippen LogP contribution < -0.4 is 0 Å². The van der Waals surface area contributed by atoms with Crippen LogP contribution in [0.4, 0.5) is 13.2 Å². The molecule has 0 aromatic heterocycles. The van der Waals surface area contributed by atoms with E-state index in [9.17, 15) is 13.2 Å². The van der Waals surface area contributed by atoms with Crippen molar-refractivity contribution in [2.45, 2.75) is 37.7 Å². The fourth-order valence-electron chi connectivity index (χ4n) is 3.64. The Hall–Kier alpha value is -1.56. The maximum Gasteiger partial charge on any atom is 0.181 e. The van der Waals surface area contributed by atoms with Gasteiger partial charge in [0.1, 0.15) is 30.8 Å². The van der Waals surface area contributed by atoms with Gasteiger partial charge in [0.05, 0.1) is 18.1 Å². The Morgan fingerprint density at radius 1 is 1.27 bits per heavy atom. The number of hydrogen-bond acceptors (Lipinski definition) is 3. The number of ether oxygens (including phenoxy) is 2. The lowest BCUT2D eigenvalue weighted by atomic mass is 9.73. The van der Waals surface area contributed by atoms with Gasteiger partial charge in [0.2, 0.25) is 0 Å². The molecule has 0 N–H and O–H groups in total. The molecular weight excluding hydrogens is 295 g/mol. The quantitative estimate of drug-likeness (QED) is 0.858. The zero-order valence-corrected chi connectivity index (χ0v) is 12.4. The van der Waals surface area contributed by atoms with Crippen LogP contribution >= 0.6 is 0 Å². The van der Waals surface area contributed by atoms with Crippen LogP contribution in [0.1, 0.15) is 19.4 Å². The highest BCUT2D eigenvalue weighted by molar-refractivity contribution is 5.75. The summed E-state index contributed by atoms with van der Waals surface area (Å²) in [5.41, 5.74) is -1.40. The molecule has 3 nitrogen and oxygen atoms in total. The fraction of sp³-hybridized carbons (Fsp3) is 0.562. The Morgan fingerprint density at radius 3 is 2.64 bits per heavy atom. The standard InChI is InChI=1S/C16H18F3NO2/c1-9-15-14(13(7-17)21-9)16(8-18,20-10(2)22-15)11-5-3-4-6-12(11)19/h3-6,9,13-15H,7-8H2,1-2H3/t9-,13+,14+,15-,16-/m1/s1. The fourth-order valence-corrected chi connectivity index (χ4v) is 3.64. The zero-order valence-electron chi connectivity index (χ0n) is 12.4. The summed E-state index contributed by atoms with van der Waals surface area (Å²) in [6.45, 7) is 1.61. The van der Waals surface area contributed by atoms with Gasteiger partial charge in [-0.15, -0.1) is 0 Å². The maximum atomic E-state index is 14.3. The van der Waals surface area contributed by atoms with Gasteiger partial charge in [0.25, 0.3) is 0 Å². The first-order valence-corrected chi connectivity index (χ1v) is 7.29. The summed E-state index contributed by atoms with van der Waals surface area (Å²) in [7, 11) is 0. The largest absolute Gasteiger partial charge is 0.475 e. The molecule has 120 valence electrons. The molecule has 0 aliphatic carbocycles. The van der Waals surface area contributed by atoms with E-state index in [1.54, 1.807) is 19.9 Å². The molecule has 1 saturated heterocycles. The molecule has 2 aliphatic heterocycles. The summed E-state index contributed by atoms with van der Waals surface area (Å²) >= 11 is 0. The number of benzene rings is 1. The van der Waals surface area contributed by atoms with E-state index in [2.05, 4.69) is 4.99 Å². The average molecular weight is 313 g/mol. The number of hydrogen-bond donors (Lipinski definition) is 0. The lowest BCUT2D eigenvalue weighted by molar-refractivity contribution is 0.0115. The number of alkyl halides is 2. The molecule has 0 amide bonds. The van der Waals surface area contributed by atoms with Crippen molar-refractivity contribution in [2.75, 3.05) is 13.3 Å². The minimum atomic E-state index is -1.51. The molecule has 0 unspecified atom stereocenters. The van der Waals surface area contributed by atoms with Gasteiger partial charge in [-0.2, -0.15) is 0 Å². The van der Waals surface area contributed by atoms with Crippen molar-refractivity contribution in [3.63, 3.8) is 0 Å². The molecule has 1 aromatic carbocycles. The van der Waals surface area contributed by atoms with Gasteiger partial charge in [0, 0.05) is 12.5 Å². The first-order chi connectivity index (χ1) is 10.5.